The SMILES string of the molecule is O=C(CC1NCc2ccccc21)N[C@H](Cc1ccc(Cl)cc1)C(=O)N1CCN([C@H](C(=O)N2CCCC2)C2CCCCC2)CC1. The quantitative estimate of drug-likeness (QED) is 0.437. The van der Waals surface area contributed by atoms with E-state index in [2.05, 4.69) is 32.6 Å². The van der Waals surface area contributed by atoms with Crippen LogP contribution in [0.15, 0.2) is 48.5 Å². The Morgan fingerprint density at radius 2 is 1.50 bits per heavy atom. The summed E-state index contributed by atoms with van der Waals surface area (Å²) < 4.78 is 0. The standard InChI is InChI=1S/C35H46ClN5O3/c36-28-14-12-25(13-15-28)22-31(38-32(42)23-30-29-11-5-4-10-27(29)24-37-30)34(43)41-20-18-39(19-21-41)33(26-8-2-1-3-9-26)35(44)40-16-6-7-17-40/h4-5,10-15,26,30-31,33,37H,1-3,6-9,16-24H2,(H,38,42)/t30?,31-,33+/m1/s1. The van der Waals surface area contributed by atoms with Crippen LogP contribution in [0, 0.1) is 5.92 Å². The van der Waals surface area contributed by atoms with Gasteiger partial charge in [-0.3, -0.25) is 19.3 Å². The zero-order valence-electron chi connectivity index (χ0n) is 25.7. The van der Waals surface area contributed by atoms with Crippen molar-refractivity contribution >= 4 is 29.3 Å². The highest BCUT2D eigenvalue weighted by Gasteiger charge is 2.40. The maximum absolute atomic E-state index is 14.0. The van der Waals surface area contributed by atoms with Crippen molar-refractivity contribution in [3.05, 3.63) is 70.2 Å². The fraction of sp³-hybridized carbons (Fsp3) is 0.571. The Bertz CT molecular complexity index is 1300. The van der Waals surface area contributed by atoms with Gasteiger partial charge in [-0.25, -0.2) is 0 Å². The number of amides is 3. The smallest absolute Gasteiger partial charge is 0.245 e. The van der Waals surface area contributed by atoms with Crippen LogP contribution in [-0.2, 0) is 27.3 Å². The van der Waals surface area contributed by atoms with Crippen molar-refractivity contribution in [2.45, 2.75) is 82.5 Å². The third-order valence-corrected chi connectivity index (χ3v) is 10.4. The van der Waals surface area contributed by atoms with E-state index in [9.17, 15) is 14.4 Å². The molecule has 3 atom stereocenters. The molecule has 3 heterocycles. The molecule has 4 aliphatic rings. The molecule has 0 aromatic heterocycles. The lowest BCUT2D eigenvalue weighted by molar-refractivity contribution is -0.143. The van der Waals surface area contributed by atoms with Crippen molar-refractivity contribution in [3.8, 4) is 0 Å². The Hall–Kier alpha value is -2.94. The maximum Gasteiger partial charge on any atom is 0.245 e. The molecular weight excluding hydrogens is 574 g/mol. The lowest BCUT2D eigenvalue weighted by Gasteiger charge is -2.44. The van der Waals surface area contributed by atoms with E-state index in [-0.39, 0.29) is 30.3 Å². The lowest BCUT2D eigenvalue weighted by atomic mass is 9.82. The van der Waals surface area contributed by atoms with Gasteiger partial charge in [0.25, 0.3) is 0 Å². The molecule has 2 saturated heterocycles. The van der Waals surface area contributed by atoms with Gasteiger partial charge in [-0.05, 0) is 60.4 Å². The van der Waals surface area contributed by atoms with E-state index in [1.165, 1.54) is 24.8 Å². The van der Waals surface area contributed by atoms with Crippen molar-refractivity contribution in [1.82, 2.24) is 25.3 Å². The number of hydrogen-bond acceptors (Lipinski definition) is 5. The van der Waals surface area contributed by atoms with Crippen LogP contribution in [0.2, 0.25) is 5.02 Å². The van der Waals surface area contributed by atoms with Crippen molar-refractivity contribution < 1.29 is 14.4 Å². The number of halogens is 1. The molecule has 0 spiro atoms. The van der Waals surface area contributed by atoms with E-state index in [0.717, 1.165) is 56.4 Å². The summed E-state index contributed by atoms with van der Waals surface area (Å²) in [4.78, 5) is 47.5. The van der Waals surface area contributed by atoms with Gasteiger partial charge in [-0.15, -0.1) is 0 Å². The predicted molar refractivity (Wildman–Crippen MR) is 172 cm³/mol. The molecule has 2 aromatic carbocycles. The topological polar surface area (TPSA) is 85.0 Å². The Kier molecular flexibility index (Phi) is 10.2. The number of hydrogen-bond donors (Lipinski definition) is 2. The van der Waals surface area contributed by atoms with Crippen LogP contribution < -0.4 is 10.6 Å². The summed E-state index contributed by atoms with van der Waals surface area (Å²) in [5.74, 6) is 0.487. The third kappa shape index (κ3) is 7.30. The second-order valence-electron chi connectivity index (χ2n) is 13.0. The van der Waals surface area contributed by atoms with Crippen LogP contribution in [0.25, 0.3) is 0 Å². The Morgan fingerprint density at radius 3 is 2.23 bits per heavy atom. The molecule has 1 aliphatic carbocycles. The molecule has 9 heteroatoms. The van der Waals surface area contributed by atoms with E-state index < -0.39 is 6.04 Å². The minimum atomic E-state index is -0.674. The zero-order valence-corrected chi connectivity index (χ0v) is 26.4. The molecule has 3 amide bonds. The Labute approximate surface area is 266 Å². The molecule has 2 N–H and O–H groups in total. The molecule has 8 nitrogen and oxygen atoms in total. The van der Waals surface area contributed by atoms with Gasteiger partial charge in [0.05, 0.1) is 6.04 Å². The van der Waals surface area contributed by atoms with E-state index in [1.54, 1.807) is 0 Å². The van der Waals surface area contributed by atoms with Crippen LogP contribution in [0.4, 0.5) is 0 Å². The molecule has 0 bridgehead atoms. The number of nitrogens with zero attached hydrogens (tertiary/aromatic N) is 3. The Morgan fingerprint density at radius 1 is 0.818 bits per heavy atom. The van der Waals surface area contributed by atoms with E-state index in [1.807, 2.05) is 41.3 Å². The van der Waals surface area contributed by atoms with Crippen LogP contribution in [0.5, 0.6) is 0 Å². The van der Waals surface area contributed by atoms with Crippen molar-refractivity contribution in [3.63, 3.8) is 0 Å². The van der Waals surface area contributed by atoms with Crippen LogP contribution >= 0.6 is 11.6 Å². The molecule has 2 aromatic rings. The fourth-order valence-electron chi connectivity index (χ4n) is 7.73. The molecule has 6 rings (SSSR count). The third-order valence-electron chi connectivity index (χ3n) is 10.1. The summed E-state index contributed by atoms with van der Waals surface area (Å²) in [5.41, 5.74) is 3.31. The molecule has 0 radical (unpaired) electrons. The van der Waals surface area contributed by atoms with Gasteiger partial charge >= 0.3 is 0 Å². The van der Waals surface area contributed by atoms with Gasteiger partial charge in [0.15, 0.2) is 0 Å². The van der Waals surface area contributed by atoms with Crippen LogP contribution in [0.1, 0.15) is 74.1 Å². The molecule has 1 saturated carbocycles. The highest BCUT2D eigenvalue weighted by molar-refractivity contribution is 6.30. The van der Waals surface area contributed by atoms with Gasteiger partial charge in [0.1, 0.15) is 6.04 Å². The van der Waals surface area contributed by atoms with Crippen molar-refractivity contribution in [2.24, 2.45) is 5.92 Å². The molecular formula is C35H46ClN5O3. The maximum atomic E-state index is 14.0. The summed E-state index contributed by atoms with van der Waals surface area (Å²) in [5, 5.41) is 7.18. The summed E-state index contributed by atoms with van der Waals surface area (Å²) in [6, 6.07) is 14.8. The number of carbonyl (C=O) groups excluding carboxylic acids is 3. The number of nitrogens with one attached hydrogen (secondary N) is 2. The van der Waals surface area contributed by atoms with E-state index in [0.29, 0.717) is 49.4 Å². The zero-order chi connectivity index (χ0) is 30.5. The summed E-state index contributed by atoms with van der Waals surface area (Å²) >= 11 is 6.13. The normalized spacial score (nSPS) is 22.4. The number of likely N-dealkylation sites (tertiary alicyclic amines) is 1. The van der Waals surface area contributed by atoms with Gasteiger partial charge < -0.3 is 20.4 Å². The first-order valence-electron chi connectivity index (χ1n) is 16.6. The first-order valence-corrected chi connectivity index (χ1v) is 17.0. The second kappa shape index (κ2) is 14.4. The number of carbonyl (C=O) groups is 3. The average molecular weight is 620 g/mol. The monoisotopic (exact) mass is 619 g/mol. The lowest BCUT2D eigenvalue weighted by Crippen LogP contribution is -2.60. The van der Waals surface area contributed by atoms with Crippen molar-refractivity contribution in [2.75, 3.05) is 39.3 Å². The van der Waals surface area contributed by atoms with E-state index >= 15 is 0 Å². The summed E-state index contributed by atoms with van der Waals surface area (Å²) in [6.45, 7) is 4.95. The Balaban J connectivity index is 1.12. The van der Waals surface area contributed by atoms with Crippen molar-refractivity contribution in [1.29, 1.82) is 0 Å². The highest BCUT2D eigenvalue weighted by Crippen LogP contribution is 2.32. The molecule has 44 heavy (non-hydrogen) atoms. The molecule has 3 fully saturated rings. The van der Waals surface area contributed by atoms with Gasteiger partial charge in [0.2, 0.25) is 17.7 Å². The minimum absolute atomic E-state index is 0.0622. The van der Waals surface area contributed by atoms with Gasteiger partial charge in [-0.2, -0.15) is 0 Å². The van der Waals surface area contributed by atoms with Crippen LogP contribution in [-0.4, -0.2) is 83.8 Å². The molecule has 1 unspecified atom stereocenters. The summed E-state index contributed by atoms with van der Waals surface area (Å²) in [7, 11) is 0. The number of fused-ring (bicyclic) bond motifs is 1. The second-order valence-corrected chi connectivity index (χ2v) is 13.5. The number of rotatable bonds is 9. The molecule has 236 valence electrons. The number of benzene rings is 2. The largest absolute Gasteiger partial charge is 0.344 e. The molecule has 3 aliphatic heterocycles. The van der Waals surface area contributed by atoms with Gasteiger partial charge in [-0.1, -0.05) is 67.3 Å². The first kappa shape index (κ1) is 31.1. The van der Waals surface area contributed by atoms with E-state index in [4.69, 9.17) is 11.6 Å². The first-order chi connectivity index (χ1) is 21.5. The average Bonchev–Trinajstić information content (AvgIpc) is 3.74. The van der Waals surface area contributed by atoms with Crippen LogP contribution in [0.3, 0.4) is 0 Å². The highest BCUT2D eigenvalue weighted by atomic mass is 35.5. The fourth-order valence-corrected chi connectivity index (χ4v) is 7.85. The number of piperazine rings is 1. The van der Waals surface area contributed by atoms with Gasteiger partial charge in [0, 0.05) is 69.7 Å². The predicted octanol–water partition coefficient (Wildman–Crippen LogP) is 4.32. The summed E-state index contributed by atoms with van der Waals surface area (Å²) in [6.07, 6.45) is 8.73. The minimum Gasteiger partial charge on any atom is -0.344 e.